The molecule has 20 aromatic rings. The molecular weight excluding hydrogens is 1490 g/mol. The molecule has 10 heteroatoms. The molecule has 0 spiro atoms. The van der Waals surface area contributed by atoms with Gasteiger partial charge in [-0.15, -0.1) is 0 Å². The molecule has 0 saturated carbocycles. The zero-order valence-corrected chi connectivity index (χ0v) is 67.1. The first-order chi connectivity index (χ1) is 58.7. The summed E-state index contributed by atoms with van der Waals surface area (Å²) in [5, 5.41) is 19.6. The van der Waals surface area contributed by atoms with Crippen LogP contribution in [-0.2, 0) is 9.31 Å². The quantitative estimate of drug-likeness (QED) is 0.0682. The Hall–Kier alpha value is -14.8. The summed E-state index contributed by atoms with van der Waals surface area (Å²) >= 11 is 6.11. The minimum atomic E-state index is -0.338. The van der Waals surface area contributed by atoms with E-state index in [-0.39, 0.29) is 18.3 Å². The van der Waals surface area contributed by atoms with Crippen molar-refractivity contribution in [2.24, 2.45) is 0 Å². The molecule has 21 rings (SSSR count). The number of hydrogen-bond acceptors (Lipinski definition) is 7. The summed E-state index contributed by atoms with van der Waals surface area (Å²) < 4.78 is 25.2. The predicted molar refractivity (Wildman–Crippen MR) is 496 cm³/mol. The lowest BCUT2D eigenvalue weighted by molar-refractivity contribution is 0.00578. The molecule has 0 aliphatic carbocycles. The highest BCUT2D eigenvalue weighted by atomic mass is 35.5. The first-order valence-electron chi connectivity index (χ1n) is 40.2. The predicted octanol–water partition coefficient (Wildman–Crippen LogP) is 29.7. The summed E-state index contributed by atoms with van der Waals surface area (Å²) in [6.07, 6.45) is 0. The zero-order valence-electron chi connectivity index (χ0n) is 66.3. The van der Waals surface area contributed by atoms with Crippen molar-refractivity contribution in [1.29, 1.82) is 5.26 Å². The molecule has 120 heavy (non-hydrogen) atoms. The number of fused-ring (bicyclic) bond motifs is 8. The highest BCUT2D eigenvalue weighted by molar-refractivity contribution is 6.62. The molecule has 0 amide bonds. The van der Waals surface area contributed by atoms with Gasteiger partial charge in [-0.1, -0.05) is 315 Å². The maximum absolute atomic E-state index is 9.11. The van der Waals surface area contributed by atoms with Gasteiger partial charge in [0.15, 0.2) is 16.9 Å². The molecule has 570 valence electrons. The van der Waals surface area contributed by atoms with Crippen LogP contribution in [0.15, 0.2) is 397 Å². The van der Waals surface area contributed by atoms with Gasteiger partial charge in [-0.25, -0.2) is 14.8 Å². The number of rotatable bonds is 12. The highest BCUT2D eigenvalue weighted by Crippen LogP contribution is 2.45. The summed E-state index contributed by atoms with van der Waals surface area (Å²) in [5.41, 5.74) is 26.9. The highest BCUT2D eigenvalue weighted by Gasteiger charge is 2.51. The Labute approximate surface area is 702 Å². The van der Waals surface area contributed by atoms with Crippen molar-refractivity contribution >= 4 is 95.2 Å². The lowest BCUT2D eigenvalue weighted by atomic mass is 9.78. The van der Waals surface area contributed by atoms with Crippen molar-refractivity contribution in [3.63, 3.8) is 0 Å². The van der Waals surface area contributed by atoms with Gasteiger partial charge in [0.1, 0.15) is 11.0 Å². The molecule has 0 bridgehead atoms. The van der Waals surface area contributed by atoms with Gasteiger partial charge in [-0.2, -0.15) is 5.26 Å². The van der Waals surface area contributed by atoms with Crippen LogP contribution >= 0.6 is 11.6 Å². The minimum Gasteiger partial charge on any atom is -0.436 e. The van der Waals surface area contributed by atoms with Crippen molar-refractivity contribution in [2.45, 2.75) is 38.9 Å². The van der Waals surface area contributed by atoms with Gasteiger partial charge in [0.2, 0.25) is 11.8 Å². The van der Waals surface area contributed by atoms with Gasteiger partial charge in [0, 0.05) is 27.3 Å². The van der Waals surface area contributed by atoms with Crippen molar-refractivity contribution in [3.05, 3.63) is 410 Å². The standard InChI is InChI=1S/C52H32N2O.C33H20ClNO.C25H24BNO2/c53-33-34-14-16-35(17-15-34)36-18-20-37(21-19-36)38-22-24-39(25-23-38)40-26-28-42(29-27-40)52-54-51-49(41-8-2-1-3-9-41)31-44(32-50(51)55-52)48-30-43-10-4-5-11-45(43)46-12-6-7-13-47(46)48;34-25-16-14-22(15-17-25)33-35-32-30(21-8-2-1-3-9-21)19-24(20-31(32)36-33)29-18-23-10-4-5-11-26(23)27-12-6-7-13-28(27)29;1-24(2)25(3,4)29-26(28-24)22-14-10-20(11-15-22)18-6-8-19(9-7-18)21-12-16-23(27-5)17-13-21/h1-32H;1-20H;6-17H,1-4H3. The Balaban J connectivity index is 0.000000127. The van der Waals surface area contributed by atoms with Crippen LogP contribution in [0, 0.1) is 17.9 Å². The number of aromatic nitrogens is 2. The van der Waals surface area contributed by atoms with Gasteiger partial charge < -0.3 is 18.1 Å². The van der Waals surface area contributed by atoms with Gasteiger partial charge in [0.05, 0.1) is 29.4 Å². The SMILES string of the molecule is Clc1ccc(-c2nc3c(-c4ccccc4)cc(-c4cc5ccccc5c5ccccc45)cc3o2)cc1.N#Cc1ccc(-c2ccc(-c3ccc(-c4ccc(-c5nc6c(-c7ccccc7)cc(-c7cc8ccccc8c8ccccc78)cc6o5)cc4)cc3)cc2)cc1.[C-]#[N+]c1ccc(-c2ccc(-c3ccc(B4OC(C)(C)C(C)(C)O4)cc3)cc2)cc1. The van der Waals surface area contributed by atoms with Crippen LogP contribution in [-0.4, -0.2) is 28.3 Å². The van der Waals surface area contributed by atoms with E-state index in [1.807, 2.05) is 84.9 Å². The second-order valence-electron chi connectivity index (χ2n) is 31.3. The maximum Gasteiger partial charge on any atom is 0.494 e. The van der Waals surface area contributed by atoms with Crippen LogP contribution in [0.3, 0.4) is 0 Å². The molecule has 1 saturated heterocycles. The van der Waals surface area contributed by atoms with E-state index < -0.39 is 0 Å². The number of oxazole rings is 2. The Morgan fingerprint density at radius 1 is 0.308 bits per heavy atom. The second kappa shape index (κ2) is 32.0. The van der Waals surface area contributed by atoms with E-state index >= 15 is 0 Å². The van der Waals surface area contributed by atoms with E-state index in [9.17, 15) is 0 Å². The van der Waals surface area contributed by atoms with E-state index in [4.69, 9.17) is 51.5 Å². The third kappa shape index (κ3) is 15.0. The molecule has 1 fully saturated rings. The van der Waals surface area contributed by atoms with E-state index in [0.29, 0.717) is 28.1 Å². The van der Waals surface area contributed by atoms with Gasteiger partial charge >= 0.3 is 7.12 Å². The van der Waals surface area contributed by atoms with Gasteiger partial charge in [-0.3, -0.25) is 0 Å². The van der Waals surface area contributed by atoms with Crippen molar-refractivity contribution in [3.8, 4) is 129 Å². The van der Waals surface area contributed by atoms with Crippen LogP contribution in [0.25, 0.3) is 193 Å². The average molecular weight is 1560 g/mol. The topological polar surface area (TPSA) is 98.7 Å². The molecule has 1 aliphatic rings. The normalized spacial score (nSPS) is 12.7. The Morgan fingerprint density at radius 3 is 0.983 bits per heavy atom. The van der Waals surface area contributed by atoms with Crippen molar-refractivity contribution < 1.29 is 18.1 Å². The molecular formula is C110H76BClN4O4. The third-order valence-electron chi connectivity index (χ3n) is 23.3. The Bertz CT molecular complexity index is 7290. The van der Waals surface area contributed by atoms with E-state index in [2.05, 4.69) is 342 Å². The van der Waals surface area contributed by atoms with Crippen LogP contribution in [0.2, 0.25) is 5.02 Å². The summed E-state index contributed by atoms with van der Waals surface area (Å²) in [6, 6.07) is 136. The fraction of sp³-hybridized carbons (Fsp3) is 0.0545. The van der Waals surface area contributed by atoms with Gasteiger partial charge in [0.25, 0.3) is 0 Å². The molecule has 0 N–H and O–H groups in total. The van der Waals surface area contributed by atoms with Crippen molar-refractivity contribution in [1.82, 2.24) is 9.97 Å². The van der Waals surface area contributed by atoms with E-state index in [1.54, 1.807) is 0 Å². The maximum atomic E-state index is 9.11. The average Bonchev–Trinajstić information content (AvgIpc) is 1.73. The minimum absolute atomic E-state index is 0.334. The number of nitriles is 1. The lowest BCUT2D eigenvalue weighted by Crippen LogP contribution is -2.41. The molecule has 0 radical (unpaired) electrons. The summed E-state index contributed by atoms with van der Waals surface area (Å²) in [4.78, 5) is 13.5. The molecule has 8 nitrogen and oxygen atoms in total. The lowest BCUT2D eigenvalue weighted by Gasteiger charge is -2.32. The second-order valence-corrected chi connectivity index (χ2v) is 31.7. The molecule has 2 aromatic heterocycles. The van der Waals surface area contributed by atoms with Crippen molar-refractivity contribution in [2.75, 3.05) is 0 Å². The molecule has 0 atom stereocenters. The van der Waals surface area contributed by atoms with E-state index in [0.717, 1.165) is 128 Å². The largest absolute Gasteiger partial charge is 0.494 e. The molecule has 3 heterocycles. The monoisotopic (exact) mass is 1560 g/mol. The summed E-state index contributed by atoms with van der Waals surface area (Å²) in [6.45, 7) is 15.3. The third-order valence-corrected chi connectivity index (χ3v) is 23.6. The number of benzene rings is 18. The van der Waals surface area contributed by atoms with Crippen LogP contribution in [0.4, 0.5) is 5.69 Å². The first-order valence-corrected chi connectivity index (χ1v) is 40.5. The number of nitrogens with zero attached hydrogens (tertiary/aromatic N) is 4. The van der Waals surface area contributed by atoms with Crippen LogP contribution in [0.5, 0.6) is 0 Å². The Morgan fingerprint density at radius 2 is 0.617 bits per heavy atom. The number of halogens is 1. The first kappa shape index (κ1) is 75.2. The summed E-state index contributed by atoms with van der Waals surface area (Å²) in [5.74, 6) is 1.18. The molecule has 1 aliphatic heterocycles. The smallest absolute Gasteiger partial charge is 0.436 e. The fourth-order valence-electron chi connectivity index (χ4n) is 16.1. The van der Waals surface area contributed by atoms with Crippen LogP contribution in [0.1, 0.15) is 33.3 Å². The summed E-state index contributed by atoms with van der Waals surface area (Å²) in [7, 11) is -0.338. The molecule has 18 aromatic carbocycles. The number of hydrogen-bond donors (Lipinski definition) is 0. The van der Waals surface area contributed by atoms with E-state index in [1.165, 1.54) is 54.2 Å². The fourth-order valence-corrected chi connectivity index (χ4v) is 16.2. The van der Waals surface area contributed by atoms with Crippen LogP contribution < -0.4 is 5.46 Å². The zero-order chi connectivity index (χ0) is 81.4. The Kier molecular flexibility index (Phi) is 20.1. The molecule has 0 unspecified atom stereocenters. The van der Waals surface area contributed by atoms with Gasteiger partial charge in [-0.05, 0) is 250 Å².